The molecule has 0 N–H and O–H groups in total. The molecule has 0 spiro atoms. The van der Waals surface area contributed by atoms with Crippen molar-refractivity contribution < 1.29 is 18.1 Å². The first-order valence-corrected chi connectivity index (χ1v) is 15.6. The van der Waals surface area contributed by atoms with Crippen LogP contribution in [-0.4, -0.2) is 43.6 Å². The van der Waals surface area contributed by atoms with E-state index < -0.39 is 21.0 Å². The minimum atomic E-state index is -4.16. The highest BCUT2D eigenvalue weighted by Crippen LogP contribution is 2.31. The highest BCUT2D eigenvalue weighted by Gasteiger charge is 2.36. The number of unbranched alkanes of at least 4 members (excludes halogenated alkanes) is 2. The Kier molecular flexibility index (Phi) is 11.6. The molecular formula is C32H41N3O5S. The Labute approximate surface area is 244 Å². The van der Waals surface area contributed by atoms with Crippen LogP contribution in [0.1, 0.15) is 69.1 Å². The molecule has 0 radical (unpaired) electrons. The molecule has 0 saturated heterocycles. The lowest BCUT2D eigenvalue weighted by Crippen LogP contribution is -2.44. The number of non-ortho nitro benzene ring substituents is 1. The summed E-state index contributed by atoms with van der Waals surface area (Å²) in [4.78, 5) is 26.5. The molecule has 1 atom stereocenters. The molecule has 41 heavy (non-hydrogen) atoms. The van der Waals surface area contributed by atoms with Gasteiger partial charge in [-0.3, -0.25) is 14.9 Å². The largest absolute Gasteiger partial charge is 0.378 e. The molecule has 0 amide bonds. The van der Waals surface area contributed by atoms with Gasteiger partial charge in [-0.15, -0.1) is 0 Å². The predicted molar refractivity (Wildman–Crippen MR) is 164 cm³/mol. The smallest absolute Gasteiger partial charge is 0.269 e. The molecule has 0 bridgehead atoms. The number of nitrogens with zero attached hydrogens (tertiary/aromatic N) is 3. The molecule has 0 saturated carbocycles. The summed E-state index contributed by atoms with van der Waals surface area (Å²) in [5.41, 5.74) is 2.70. The van der Waals surface area contributed by atoms with E-state index in [9.17, 15) is 23.3 Å². The lowest BCUT2D eigenvalue weighted by molar-refractivity contribution is -0.384. The molecule has 8 nitrogen and oxygen atoms in total. The van der Waals surface area contributed by atoms with Crippen molar-refractivity contribution in [1.29, 1.82) is 0 Å². The average molecular weight is 580 g/mol. The second-order valence-electron chi connectivity index (χ2n) is 10.6. The molecule has 9 heteroatoms. The summed E-state index contributed by atoms with van der Waals surface area (Å²) in [6.45, 7) is 4.11. The molecule has 0 aliphatic carbocycles. The van der Waals surface area contributed by atoms with E-state index in [0.717, 1.165) is 30.5 Å². The first-order valence-electron chi connectivity index (χ1n) is 14.2. The summed E-state index contributed by atoms with van der Waals surface area (Å²) in [7, 11) is -0.417. The summed E-state index contributed by atoms with van der Waals surface area (Å²) in [6.07, 6.45) is 4.07. The number of carbonyl (C=O) groups is 1. The highest BCUT2D eigenvalue weighted by atomic mass is 32.2. The first-order chi connectivity index (χ1) is 19.6. The van der Waals surface area contributed by atoms with E-state index >= 15 is 0 Å². The fraction of sp³-hybridized carbons (Fsp3) is 0.406. The number of benzene rings is 3. The van der Waals surface area contributed by atoms with Gasteiger partial charge in [0.15, 0.2) is 5.78 Å². The highest BCUT2D eigenvalue weighted by molar-refractivity contribution is 7.89. The Morgan fingerprint density at radius 2 is 1.59 bits per heavy atom. The summed E-state index contributed by atoms with van der Waals surface area (Å²) in [5.74, 6) is -0.0649. The summed E-state index contributed by atoms with van der Waals surface area (Å²) < 4.78 is 30.7. The topological polar surface area (TPSA) is 101 Å². The van der Waals surface area contributed by atoms with Gasteiger partial charge in [-0.25, -0.2) is 8.42 Å². The quantitative estimate of drug-likeness (QED) is 0.137. The van der Waals surface area contributed by atoms with Crippen molar-refractivity contribution >= 4 is 27.2 Å². The molecule has 0 aliphatic heterocycles. The Balaban J connectivity index is 2.18. The van der Waals surface area contributed by atoms with E-state index in [1.54, 1.807) is 24.3 Å². The number of sulfonamides is 1. The fourth-order valence-corrected chi connectivity index (χ4v) is 6.70. The maximum atomic E-state index is 14.6. The van der Waals surface area contributed by atoms with E-state index in [1.165, 1.54) is 16.4 Å². The number of carbonyl (C=O) groups excluding carboxylic acids is 1. The van der Waals surface area contributed by atoms with Crippen molar-refractivity contribution in [2.75, 3.05) is 19.0 Å². The third-order valence-electron chi connectivity index (χ3n) is 7.17. The van der Waals surface area contributed by atoms with Crippen molar-refractivity contribution in [2.45, 2.75) is 76.3 Å². The van der Waals surface area contributed by atoms with Gasteiger partial charge in [0.05, 0.1) is 15.9 Å². The van der Waals surface area contributed by atoms with Gasteiger partial charge in [0.2, 0.25) is 10.0 Å². The molecule has 3 aromatic rings. The summed E-state index contributed by atoms with van der Waals surface area (Å²) >= 11 is 0. The predicted octanol–water partition coefficient (Wildman–Crippen LogP) is 6.76. The van der Waals surface area contributed by atoms with Gasteiger partial charge in [0, 0.05) is 44.9 Å². The normalized spacial score (nSPS) is 12.3. The zero-order valence-electron chi connectivity index (χ0n) is 24.5. The van der Waals surface area contributed by atoms with Crippen LogP contribution in [0.3, 0.4) is 0 Å². The molecule has 0 aromatic heterocycles. The lowest BCUT2D eigenvalue weighted by Gasteiger charge is -2.31. The monoisotopic (exact) mass is 579 g/mol. The van der Waals surface area contributed by atoms with Gasteiger partial charge in [-0.05, 0) is 54.2 Å². The van der Waals surface area contributed by atoms with Crippen LogP contribution in [0.2, 0.25) is 0 Å². The van der Waals surface area contributed by atoms with Crippen LogP contribution < -0.4 is 4.90 Å². The van der Waals surface area contributed by atoms with E-state index in [2.05, 4.69) is 0 Å². The van der Waals surface area contributed by atoms with Gasteiger partial charge in [-0.2, -0.15) is 4.31 Å². The summed E-state index contributed by atoms with van der Waals surface area (Å²) in [6, 6.07) is 20.0. The van der Waals surface area contributed by atoms with E-state index in [-0.39, 0.29) is 29.3 Å². The van der Waals surface area contributed by atoms with E-state index in [0.29, 0.717) is 30.4 Å². The standard InChI is InChI=1S/C32H41N3O5S/c1-5-7-17-30(31(36)18-8-6-2)34(24-25-13-10-9-11-14-25)41(39,40)32-20-19-28(33(3)4)23-27(32)21-26-15-12-16-29(22-26)35(37)38/h9-16,19-20,22-23,30H,5-8,17-18,21,24H2,1-4H3. The van der Waals surface area contributed by atoms with E-state index in [1.807, 2.05) is 69.2 Å². The van der Waals surface area contributed by atoms with Crippen LogP contribution in [0.15, 0.2) is 77.7 Å². The van der Waals surface area contributed by atoms with Crippen LogP contribution in [0.5, 0.6) is 0 Å². The fourth-order valence-electron chi connectivity index (χ4n) is 4.87. The van der Waals surface area contributed by atoms with Crippen LogP contribution in [0, 0.1) is 10.1 Å². The van der Waals surface area contributed by atoms with E-state index in [4.69, 9.17) is 0 Å². The minimum absolute atomic E-state index is 0.0532. The zero-order chi connectivity index (χ0) is 30.0. The van der Waals surface area contributed by atoms with Crippen molar-refractivity contribution in [2.24, 2.45) is 0 Å². The van der Waals surface area contributed by atoms with Gasteiger partial charge >= 0.3 is 0 Å². The van der Waals surface area contributed by atoms with Crippen molar-refractivity contribution in [3.63, 3.8) is 0 Å². The first kappa shape index (κ1) is 32.0. The Bertz CT molecular complexity index is 1420. The molecule has 3 rings (SSSR count). The third-order valence-corrected chi connectivity index (χ3v) is 9.13. The maximum absolute atomic E-state index is 14.6. The van der Waals surface area contributed by atoms with Crippen molar-refractivity contribution in [3.05, 3.63) is 99.6 Å². The number of hydrogen-bond donors (Lipinski definition) is 0. The van der Waals surface area contributed by atoms with Crippen molar-refractivity contribution in [3.8, 4) is 0 Å². The van der Waals surface area contributed by atoms with Gasteiger partial charge in [0.1, 0.15) is 0 Å². The minimum Gasteiger partial charge on any atom is -0.378 e. The van der Waals surface area contributed by atoms with Gasteiger partial charge in [-0.1, -0.05) is 75.6 Å². The maximum Gasteiger partial charge on any atom is 0.269 e. The average Bonchev–Trinajstić information content (AvgIpc) is 2.96. The van der Waals surface area contributed by atoms with Crippen LogP contribution >= 0.6 is 0 Å². The molecule has 3 aromatic carbocycles. The number of hydrogen-bond acceptors (Lipinski definition) is 6. The lowest BCUT2D eigenvalue weighted by atomic mass is 10.0. The Hall–Kier alpha value is -3.56. The SMILES string of the molecule is CCCCC(=O)C(CCCC)N(Cc1ccccc1)S(=O)(=O)c1ccc(N(C)C)cc1Cc1cccc([N+](=O)[O-])c1. The molecule has 0 heterocycles. The van der Waals surface area contributed by atoms with Crippen LogP contribution in [-0.2, 0) is 27.8 Å². The van der Waals surface area contributed by atoms with Crippen LogP contribution in [0.4, 0.5) is 11.4 Å². The summed E-state index contributed by atoms with van der Waals surface area (Å²) in [5, 5.41) is 11.4. The number of ketones is 1. The second-order valence-corrected chi connectivity index (χ2v) is 12.4. The molecule has 1 unspecified atom stereocenters. The van der Waals surface area contributed by atoms with Crippen LogP contribution in [0.25, 0.3) is 0 Å². The Morgan fingerprint density at radius 1 is 0.902 bits per heavy atom. The zero-order valence-corrected chi connectivity index (χ0v) is 25.3. The van der Waals surface area contributed by atoms with Crippen molar-refractivity contribution in [1.82, 2.24) is 4.31 Å². The Morgan fingerprint density at radius 3 is 2.22 bits per heavy atom. The molecular weight excluding hydrogens is 538 g/mol. The second kappa shape index (κ2) is 14.9. The molecule has 0 fully saturated rings. The number of nitro groups is 1. The molecule has 220 valence electrons. The third kappa shape index (κ3) is 8.47. The van der Waals surface area contributed by atoms with Gasteiger partial charge < -0.3 is 4.90 Å². The van der Waals surface area contributed by atoms with Gasteiger partial charge in [0.25, 0.3) is 5.69 Å². The number of nitro benzene ring substituents is 1. The number of Topliss-reactive ketones (excluding diaryl/α,β-unsaturated/α-hetero) is 1. The number of rotatable bonds is 16. The number of anilines is 1. The molecule has 0 aliphatic rings.